The molecule has 0 aliphatic heterocycles. The average Bonchev–Trinajstić information content (AvgIpc) is 2.64. The Bertz CT molecular complexity index is 773. The van der Waals surface area contributed by atoms with Crippen LogP contribution in [-0.2, 0) is 11.2 Å². The lowest BCUT2D eigenvalue weighted by atomic mass is 10.0. The highest BCUT2D eigenvalue weighted by atomic mass is 35.5. The Morgan fingerprint density at radius 3 is 2.48 bits per heavy atom. The number of para-hydroxylation sites is 1. The molecule has 0 spiro atoms. The van der Waals surface area contributed by atoms with Gasteiger partial charge in [0.2, 0.25) is 0 Å². The number of carboxylic acids is 1. The quantitative estimate of drug-likeness (QED) is 0.579. The molecule has 5 nitrogen and oxygen atoms in total. The number of carboxylic acid groups (broad SMARTS) is 1. The lowest BCUT2D eigenvalue weighted by Gasteiger charge is -2.16. The molecule has 146 valence electrons. The number of aryl methyl sites for hydroxylation is 1. The van der Waals surface area contributed by atoms with Crippen LogP contribution < -0.4 is 14.2 Å². The number of hydrogen-bond acceptors (Lipinski definition) is 4. The molecular weight excluding hydrogens is 368 g/mol. The van der Waals surface area contributed by atoms with E-state index in [2.05, 4.69) is 19.9 Å². The third kappa shape index (κ3) is 6.07. The maximum absolute atomic E-state index is 10.7. The number of aliphatic carboxylic acids is 1. The van der Waals surface area contributed by atoms with Crippen LogP contribution in [0.2, 0.25) is 5.02 Å². The second kappa shape index (κ2) is 10.1. The van der Waals surface area contributed by atoms with Crippen LogP contribution in [-0.4, -0.2) is 31.4 Å². The van der Waals surface area contributed by atoms with Gasteiger partial charge in [0, 0.05) is 6.42 Å². The molecule has 0 fully saturated rings. The van der Waals surface area contributed by atoms with Gasteiger partial charge >= 0.3 is 5.97 Å². The van der Waals surface area contributed by atoms with Gasteiger partial charge in [-0.3, -0.25) is 4.79 Å². The SMILES string of the molecule is COc1cc(CCC(=O)O)cc(Cl)c1OCCOc1ccccc1C(C)C. The summed E-state index contributed by atoms with van der Waals surface area (Å²) in [4.78, 5) is 10.7. The van der Waals surface area contributed by atoms with Crippen LogP contribution >= 0.6 is 11.6 Å². The van der Waals surface area contributed by atoms with E-state index >= 15 is 0 Å². The normalized spacial score (nSPS) is 10.7. The molecule has 0 radical (unpaired) electrons. The molecule has 0 saturated heterocycles. The molecule has 0 aromatic heterocycles. The van der Waals surface area contributed by atoms with Crippen molar-refractivity contribution in [2.24, 2.45) is 0 Å². The lowest BCUT2D eigenvalue weighted by molar-refractivity contribution is -0.136. The number of carbonyl (C=O) groups is 1. The first-order chi connectivity index (χ1) is 12.9. The Morgan fingerprint density at radius 1 is 1.11 bits per heavy atom. The number of halogens is 1. The van der Waals surface area contributed by atoms with Crippen molar-refractivity contribution < 1.29 is 24.1 Å². The molecule has 0 aliphatic rings. The van der Waals surface area contributed by atoms with Gasteiger partial charge in [-0.15, -0.1) is 0 Å². The van der Waals surface area contributed by atoms with Crippen molar-refractivity contribution in [3.05, 3.63) is 52.5 Å². The van der Waals surface area contributed by atoms with Crippen LogP contribution in [0.4, 0.5) is 0 Å². The van der Waals surface area contributed by atoms with Gasteiger partial charge in [-0.1, -0.05) is 43.6 Å². The minimum Gasteiger partial charge on any atom is -0.493 e. The molecule has 0 saturated carbocycles. The molecule has 0 bridgehead atoms. The van der Waals surface area contributed by atoms with Gasteiger partial charge in [0.25, 0.3) is 0 Å². The Labute approximate surface area is 164 Å². The average molecular weight is 393 g/mol. The molecule has 0 amide bonds. The molecule has 6 heteroatoms. The van der Waals surface area contributed by atoms with Gasteiger partial charge in [0.1, 0.15) is 19.0 Å². The first kappa shape index (κ1) is 20.9. The molecule has 2 aromatic rings. The predicted molar refractivity (Wildman–Crippen MR) is 105 cm³/mol. The highest BCUT2D eigenvalue weighted by Crippen LogP contribution is 2.36. The minimum absolute atomic E-state index is 0.0305. The predicted octanol–water partition coefficient (Wildman–Crippen LogP) is 4.95. The lowest BCUT2D eigenvalue weighted by Crippen LogP contribution is -2.11. The van der Waals surface area contributed by atoms with Gasteiger partial charge in [-0.25, -0.2) is 0 Å². The largest absolute Gasteiger partial charge is 0.493 e. The summed E-state index contributed by atoms with van der Waals surface area (Å²) in [5.41, 5.74) is 1.93. The van der Waals surface area contributed by atoms with E-state index in [-0.39, 0.29) is 6.42 Å². The molecule has 2 rings (SSSR count). The smallest absolute Gasteiger partial charge is 0.303 e. The van der Waals surface area contributed by atoms with Crippen molar-refractivity contribution in [1.29, 1.82) is 0 Å². The van der Waals surface area contributed by atoms with Crippen molar-refractivity contribution in [2.45, 2.75) is 32.6 Å². The highest BCUT2D eigenvalue weighted by molar-refractivity contribution is 6.32. The summed E-state index contributed by atoms with van der Waals surface area (Å²) < 4.78 is 17.0. The number of ether oxygens (including phenoxy) is 3. The summed E-state index contributed by atoms with van der Waals surface area (Å²) >= 11 is 6.30. The highest BCUT2D eigenvalue weighted by Gasteiger charge is 2.13. The maximum atomic E-state index is 10.7. The van der Waals surface area contributed by atoms with E-state index in [1.807, 2.05) is 18.2 Å². The van der Waals surface area contributed by atoms with Crippen molar-refractivity contribution in [3.63, 3.8) is 0 Å². The maximum Gasteiger partial charge on any atom is 0.303 e. The fraction of sp³-hybridized carbons (Fsp3) is 0.381. The van der Waals surface area contributed by atoms with E-state index in [9.17, 15) is 4.79 Å². The van der Waals surface area contributed by atoms with Crippen molar-refractivity contribution in [3.8, 4) is 17.2 Å². The number of methoxy groups -OCH3 is 1. The molecule has 0 aliphatic carbocycles. The van der Waals surface area contributed by atoms with Crippen LogP contribution in [0.15, 0.2) is 36.4 Å². The molecular formula is C21H25ClO5. The molecule has 0 heterocycles. The van der Waals surface area contributed by atoms with E-state index in [1.54, 1.807) is 12.1 Å². The second-order valence-electron chi connectivity index (χ2n) is 6.39. The fourth-order valence-corrected chi connectivity index (χ4v) is 2.98. The van der Waals surface area contributed by atoms with Gasteiger partial charge in [-0.2, -0.15) is 0 Å². The van der Waals surface area contributed by atoms with E-state index in [0.29, 0.717) is 42.1 Å². The third-order valence-corrected chi connectivity index (χ3v) is 4.33. The van der Waals surface area contributed by atoms with E-state index in [4.69, 9.17) is 30.9 Å². The zero-order chi connectivity index (χ0) is 19.8. The minimum atomic E-state index is -0.857. The van der Waals surface area contributed by atoms with E-state index < -0.39 is 5.97 Å². The van der Waals surface area contributed by atoms with Gasteiger partial charge < -0.3 is 19.3 Å². The fourth-order valence-electron chi connectivity index (χ4n) is 2.69. The number of hydrogen-bond donors (Lipinski definition) is 1. The number of benzene rings is 2. The Kier molecular flexibility index (Phi) is 7.80. The van der Waals surface area contributed by atoms with E-state index in [0.717, 1.165) is 16.9 Å². The van der Waals surface area contributed by atoms with Gasteiger partial charge in [0.05, 0.1) is 12.1 Å². The van der Waals surface area contributed by atoms with Crippen LogP contribution in [0, 0.1) is 0 Å². The third-order valence-electron chi connectivity index (χ3n) is 4.05. The zero-order valence-corrected chi connectivity index (χ0v) is 16.6. The van der Waals surface area contributed by atoms with E-state index in [1.165, 1.54) is 7.11 Å². The summed E-state index contributed by atoms with van der Waals surface area (Å²) in [6, 6.07) is 11.4. The first-order valence-electron chi connectivity index (χ1n) is 8.85. The first-order valence-corrected chi connectivity index (χ1v) is 9.23. The van der Waals surface area contributed by atoms with Crippen LogP contribution in [0.25, 0.3) is 0 Å². The molecule has 27 heavy (non-hydrogen) atoms. The summed E-state index contributed by atoms with van der Waals surface area (Å²) in [7, 11) is 1.52. The van der Waals surface area contributed by atoms with Crippen molar-refractivity contribution in [2.75, 3.05) is 20.3 Å². The van der Waals surface area contributed by atoms with Gasteiger partial charge in [0.15, 0.2) is 11.5 Å². The monoisotopic (exact) mass is 392 g/mol. The van der Waals surface area contributed by atoms with Crippen LogP contribution in [0.3, 0.4) is 0 Å². The summed E-state index contributed by atoms with van der Waals surface area (Å²) in [6.45, 7) is 4.91. The summed E-state index contributed by atoms with van der Waals surface area (Å²) in [5.74, 6) is 1.27. The van der Waals surface area contributed by atoms with Crippen LogP contribution in [0.5, 0.6) is 17.2 Å². The topological polar surface area (TPSA) is 65.0 Å². The van der Waals surface area contributed by atoms with Crippen LogP contribution in [0.1, 0.15) is 37.3 Å². The Morgan fingerprint density at radius 2 is 1.81 bits per heavy atom. The Balaban J connectivity index is 1.98. The Hall–Kier alpha value is -2.40. The molecule has 2 aromatic carbocycles. The molecule has 0 unspecified atom stereocenters. The van der Waals surface area contributed by atoms with Crippen molar-refractivity contribution >= 4 is 17.6 Å². The summed E-state index contributed by atoms with van der Waals surface area (Å²) in [5, 5.41) is 9.20. The standard InChI is InChI=1S/C21H25ClO5/c1-14(2)16-6-4-5-7-18(16)26-10-11-27-21-17(22)12-15(8-9-20(23)24)13-19(21)25-3/h4-7,12-14H,8-11H2,1-3H3,(H,23,24). The van der Waals surface area contributed by atoms with Crippen molar-refractivity contribution in [1.82, 2.24) is 0 Å². The number of rotatable bonds is 10. The second-order valence-corrected chi connectivity index (χ2v) is 6.80. The molecule has 1 N–H and O–H groups in total. The van der Waals surface area contributed by atoms with Gasteiger partial charge in [-0.05, 0) is 41.7 Å². The zero-order valence-electron chi connectivity index (χ0n) is 15.8. The molecule has 0 atom stereocenters. The summed E-state index contributed by atoms with van der Waals surface area (Å²) in [6.07, 6.45) is 0.406.